The Hall–Kier alpha value is 0.506. The van der Waals surface area contributed by atoms with Gasteiger partial charge in [-0.1, -0.05) is 64.7 Å². The SMILES string of the molecule is [CH2-]CCCCCCCCCCC.[Co]. The fourth-order valence-electron chi connectivity index (χ4n) is 1.49. The van der Waals surface area contributed by atoms with Gasteiger partial charge in [0.15, 0.2) is 0 Å². The third-order valence-electron chi connectivity index (χ3n) is 2.35. The topological polar surface area (TPSA) is 0 Å². The monoisotopic (exact) mass is 228 g/mol. The molecule has 0 aliphatic rings. The molecular weight excluding hydrogens is 203 g/mol. The zero-order valence-corrected chi connectivity index (χ0v) is 10.2. The molecule has 0 unspecified atom stereocenters. The van der Waals surface area contributed by atoms with Gasteiger partial charge in [0.1, 0.15) is 0 Å². The first-order chi connectivity index (χ1) is 5.91. The molecule has 1 heteroatoms. The molecule has 0 aromatic carbocycles. The molecule has 0 rings (SSSR count). The summed E-state index contributed by atoms with van der Waals surface area (Å²) < 4.78 is 0. The largest absolute Gasteiger partial charge is 0.343 e. The van der Waals surface area contributed by atoms with Crippen molar-refractivity contribution in [2.24, 2.45) is 0 Å². The van der Waals surface area contributed by atoms with Gasteiger partial charge in [-0.3, -0.25) is 0 Å². The average Bonchev–Trinajstić information content (AvgIpc) is 2.10. The second-order valence-corrected chi connectivity index (χ2v) is 3.68. The van der Waals surface area contributed by atoms with E-state index >= 15 is 0 Å². The van der Waals surface area contributed by atoms with Gasteiger partial charge >= 0.3 is 0 Å². The van der Waals surface area contributed by atoms with E-state index in [1.165, 1.54) is 57.8 Å². The summed E-state index contributed by atoms with van der Waals surface area (Å²) in [6.45, 7) is 6.12. The quantitative estimate of drug-likeness (QED) is 0.395. The van der Waals surface area contributed by atoms with Gasteiger partial charge in [-0.15, -0.1) is 0 Å². The summed E-state index contributed by atoms with van der Waals surface area (Å²) in [4.78, 5) is 0. The van der Waals surface area contributed by atoms with Crippen molar-refractivity contribution in [3.8, 4) is 0 Å². The Kier molecular flexibility index (Phi) is 18.4. The minimum atomic E-state index is 0. The van der Waals surface area contributed by atoms with Crippen LogP contribution in [-0.2, 0) is 16.8 Å². The van der Waals surface area contributed by atoms with Crippen LogP contribution in [0.1, 0.15) is 71.1 Å². The minimum Gasteiger partial charge on any atom is -0.343 e. The third-order valence-corrected chi connectivity index (χ3v) is 2.35. The third kappa shape index (κ3) is 15.3. The van der Waals surface area contributed by atoms with E-state index in [-0.39, 0.29) is 16.8 Å². The van der Waals surface area contributed by atoms with Crippen LogP contribution in [0, 0.1) is 6.92 Å². The van der Waals surface area contributed by atoms with Gasteiger partial charge in [-0.2, -0.15) is 6.42 Å². The van der Waals surface area contributed by atoms with Crippen molar-refractivity contribution in [2.75, 3.05) is 0 Å². The molecular formula is C12H25Co-. The van der Waals surface area contributed by atoms with Gasteiger partial charge in [0.25, 0.3) is 0 Å². The van der Waals surface area contributed by atoms with Crippen LogP contribution < -0.4 is 0 Å². The van der Waals surface area contributed by atoms with Crippen LogP contribution in [0.25, 0.3) is 0 Å². The maximum atomic E-state index is 3.84. The van der Waals surface area contributed by atoms with Crippen LogP contribution in [0.3, 0.4) is 0 Å². The Balaban J connectivity index is 0. The number of rotatable bonds is 9. The van der Waals surface area contributed by atoms with E-state index in [1.807, 2.05) is 0 Å². The maximum Gasteiger partial charge on any atom is 0 e. The van der Waals surface area contributed by atoms with Crippen LogP contribution in [-0.4, -0.2) is 0 Å². The molecule has 0 aliphatic heterocycles. The van der Waals surface area contributed by atoms with Gasteiger partial charge in [0.05, 0.1) is 0 Å². The first kappa shape index (κ1) is 16.0. The van der Waals surface area contributed by atoms with Gasteiger partial charge < -0.3 is 6.92 Å². The van der Waals surface area contributed by atoms with Crippen molar-refractivity contribution in [3.05, 3.63) is 6.92 Å². The smallest absolute Gasteiger partial charge is 0 e. The molecule has 0 fully saturated rings. The van der Waals surface area contributed by atoms with Crippen molar-refractivity contribution in [3.63, 3.8) is 0 Å². The summed E-state index contributed by atoms with van der Waals surface area (Å²) in [6, 6.07) is 0. The van der Waals surface area contributed by atoms with E-state index in [4.69, 9.17) is 0 Å². The zero-order chi connectivity index (χ0) is 9.07. The van der Waals surface area contributed by atoms with Crippen molar-refractivity contribution >= 4 is 0 Å². The molecule has 13 heavy (non-hydrogen) atoms. The summed E-state index contributed by atoms with van der Waals surface area (Å²) in [5.74, 6) is 0. The minimum absolute atomic E-state index is 0. The predicted molar refractivity (Wildman–Crippen MR) is 57.2 cm³/mol. The molecule has 0 heterocycles. The fourth-order valence-corrected chi connectivity index (χ4v) is 1.49. The van der Waals surface area contributed by atoms with E-state index < -0.39 is 0 Å². The molecule has 0 saturated heterocycles. The summed E-state index contributed by atoms with van der Waals surface area (Å²) in [7, 11) is 0. The molecule has 0 aliphatic carbocycles. The molecule has 0 N–H and O–H groups in total. The second-order valence-electron chi connectivity index (χ2n) is 3.68. The van der Waals surface area contributed by atoms with Crippen molar-refractivity contribution in [1.29, 1.82) is 0 Å². The average molecular weight is 228 g/mol. The predicted octanol–water partition coefficient (Wildman–Crippen LogP) is 4.74. The van der Waals surface area contributed by atoms with E-state index in [1.54, 1.807) is 0 Å². The van der Waals surface area contributed by atoms with Crippen molar-refractivity contribution in [1.82, 2.24) is 0 Å². The molecule has 83 valence electrons. The number of hydrogen-bond acceptors (Lipinski definition) is 0. The van der Waals surface area contributed by atoms with Crippen LogP contribution in [0.5, 0.6) is 0 Å². The molecule has 0 atom stereocenters. The first-order valence-corrected chi connectivity index (χ1v) is 5.71. The summed E-state index contributed by atoms with van der Waals surface area (Å²) in [5, 5.41) is 0. The normalized spacial score (nSPS) is 9.69. The van der Waals surface area contributed by atoms with Crippen LogP contribution in [0.15, 0.2) is 0 Å². The Labute approximate surface area is 95.1 Å². The molecule has 1 radical (unpaired) electrons. The Morgan fingerprint density at radius 1 is 0.692 bits per heavy atom. The van der Waals surface area contributed by atoms with Gasteiger partial charge in [-0.25, -0.2) is 0 Å². The standard InChI is InChI=1S/C12H25.Co/c1-3-5-7-9-11-12-10-8-6-4-2;/h1,3-12H2,2H3;/q-1;. The number of unbranched alkanes of at least 4 members (excludes halogenated alkanes) is 9. The summed E-state index contributed by atoms with van der Waals surface area (Å²) >= 11 is 0. The van der Waals surface area contributed by atoms with E-state index in [2.05, 4.69) is 13.8 Å². The van der Waals surface area contributed by atoms with Crippen LogP contribution in [0.4, 0.5) is 0 Å². The second kappa shape index (κ2) is 15.0. The Bertz CT molecular complexity index is 61.5. The molecule has 0 bridgehead atoms. The van der Waals surface area contributed by atoms with E-state index in [0.29, 0.717) is 0 Å². The number of hydrogen-bond donors (Lipinski definition) is 0. The fraction of sp³-hybridized carbons (Fsp3) is 0.917. The molecule has 0 aromatic rings. The Morgan fingerprint density at radius 2 is 1.08 bits per heavy atom. The molecule has 0 saturated carbocycles. The summed E-state index contributed by atoms with van der Waals surface area (Å²) in [5.41, 5.74) is 0. The van der Waals surface area contributed by atoms with Crippen molar-refractivity contribution in [2.45, 2.75) is 71.1 Å². The maximum absolute atomic E-state index is 3.84. The molecule has 0 spiro atoms. The first-order valence-electron chi connectivity index (χ1n) is 5.71. The van der Waals surface area contributed by atoms with Crippen LogP contribution in [0.2, 0.25) is 0 Å². The van der Waals surface area contributed by atoms with Crippen LogP contribution >= 0.6 is 0 Å². The molecule has 0 aromatic heterocycles. The zero-order valence-electron chi connectivity index (χ0n) is 9.11. The van der Waals surface area contributed by atoms with Gasteiger partial charge in [0, 0.05) is 16.8 Å². The molecule has 0 amide bonds. The van der Waals surface area contributed by atoms with Crippen molar-refractivity contribution < 1.29 is 16.8 Å². The van der Waals surface area contributed by atoms with E-state index in [0.717, 1.165) is 6.42 Å². The summed E-state index contributed by atoms with van der Waals surface area (Å²) in [6.07, 6.45) is 13.9. The Morgan fingerprint density at radius 3 is 1.46 bits per heavy atom. The van der Waals surface area contributed by atoms with E-state index in [9.17, 15) is 0 Å². The van der Waals surface area contributed by atoms with Gasteiger partial charge in [0.2, 0.25) is 0 Å². The van der Waals surface area contributed by atoms with Gasteiger partial charge in [-0.05, 0) is 0 Å². The molecule has 0 nitrogen and oxygen atoms in total.